The van der Waals surface area contributed by atoms with Gasteiger partial charge in [0.05, 0.1) is 12.2 Å². The zero-order valence-corrected chi connectivity index (χ0v) is 17.9. The normalized spacial score (nSPS) is 51.7. The highest BCUT2D eigenvalue weighted by Crippen LogP contribution is 2.68. The molecule has 0 radical (unpaired) electrons. The van der Waals surface area contributed by atoms with Gasteiger partial charge in [0.15, 0.2) is 0 Å². The maximum Gasteiger partial charge on any atom is 0.303 e. The molecule has 28 heavy (non-hydrogen) atoms. The lowest BCUT2D eigenvalue weighted by atomic mass is 9.43. The van der Waals surface area contributed by atoms with Gasteiger partial charge in [0.25, 0.3) is 0 Å². The van der Waals surface area contributed by atoms with E-state index in [1.807, 2.05) is 0 Å². The van der Waals surface area contributed by atoms with Crippen LogP contribution in [0.4, 0.5) is 0 Å². The summed E-state index contributed by atoms with van der Waals surface area (Å²) >= 11 is 0. The summed E-state index contributed by atoms with van der Waals surface area (Å²) in [5.41, 5.74) is 0.0927. The van der Waals surface area contributed by atoms with E-state index in [1.54, 1.807) is 0 Å². The zero-order valence-electron chi connectivity index (χ0n) is 17.9. The summed E-state index contributed by atoms with van der Waals surface area (Å²) < 4.78 is 0. The summed E-state index contributed by atoms with van der Waals surface area (Å²) in [5.74, 6) is 1.66. The number of hydrogen-bond acceptors (Lipinski definition) is 3. The summed E-state index contributed by atoms with van der Waals surface area (Å²) in [5, 5.41) is 31.8. The highest BCUT2D eigenvalue weighted by molar-refractivity contribution is 5.66. The highest BCUT2D eigenvalue weighted by Gasteiger charge is 2.65. The molecule has 10 atom stereocenters. The van der Waals surface area contributed by atoms with Crippen molar-refractivity contribution in [2.24, 2.45) is 46.3 Å². The lowest BCUT2D eigenvalue weighted by Crippen LogP contribution is -2.61. The molecule has 4 aliphatic carbocycles. The van der Waals surface area contributed by atoms with Crippen molar-refractivity contribution >= 4 is 5.97 Å². The molecule has 3 N–H and O–H groups in total. The number of carbonyl (C=O) groups is 1. The minimum atomic E-state index is -0.727. The number of carboxylic acid groups (broad SMARTS) is 1. The van der Waals surface area contributed by atoms with Crippen molar-refractivity contribution in [3.63, 3.8) is 0 Å². The second-order valence-electron chi connectivity index (χ2n) is 11.3. The van der Waals surface area contributed by atoms with E-state index in [2.05, 4.69) is 20.8 Å². The number of fused-ring (bicyclic) bond motifs is 5. The number of aliphatic hydroxyl groups excluding tert-OH is 2. The van der Waals surface area contributed by atoms with E-state index in [-0.39, 0.29) is 29.5 Å². The van der Waals surface area contributed by atoms with Crippen LogP contribution in [0, 0.1) is 46.3 Å². The first kappa shape index (κ1) is 20.7. The van der Waals surface area contributed by atoms with Crippen LogP contribution in [0.2, 0.25) is 0 Å². The van der Waals surface area contributed by atoms with Crippen LogP contribution >= 0.6 is 0 Å². The third kappa shape index (κ3) is 2.96. The summed E-state index contributed by atoms with van der Waals surface area (Å²) in [4.78, 5) is 11.1. The van der Waals surface area contributed by atoms with Crippen LogP contribution in [-0.4, -0.2) is 33.5 Å². The van der Waals surface area contributed by atoms with Gasteiger partial charge in [-0.15, -0.1) is 0 Å². The third-order valence-corrected chi connectivity index (χ3v) is 10.3. The van der Waals surface area contributed by atoms with E-state index < -0.39 is 5.97 Å². The molecule has 0 bridgehead atoms. The second-order valence-corrected chi connectivity index (χ2v) is 11.3. The average molecular weight is 393 g/mol. The van der Waals surface area contributed by atoms with Crippen molar-refractivity contribution in [1.82, 2.24) is 0 Å². The van der Waals surface area contributed by atoms with E-state index in [0.717, 1.165) is 25.7 Å². The number of hydrogen-bond donors (Lipinski definition) is 3. The molecule has 0 aromatic heterocycles. The zero-order chi connectivity index (χ0) is 20.3. The smallest absolute Gasteiger partial charge is 0.303 e. The summed E-state index contributed by atoms with van der Waals surface area (Å²) in [6.45, 7) is 6.89. The van der Waals surface area contributed by atoms with Gasteiger partial charge in [0.1, 0.15) is 0 Å². The monoisotopic (exact) mass is 392 g/mol. The van der Waals surface area contributed by atoms with E-state index in [4.69, 9.17) is 5.11 Å². The van der Waals surface area contributed by atoms with Crippen molar-refractivity contribution < 1.29 is 20.1 Å². The van der Waals surface area contributed by atoms with E-state index in [0.29, 0.717) is 41.9 Å². The van der Waals surface area contributed by atoms with E-state index in [9.17, 15) is 15.0 Å². The SMILES string of the molecule is C[C@H](CCC(=O)O)[C@H]1CC[C@H]2[C@H]3[C@H](O)C[C@@H]4CCCC[C@]4(C)[C@H]3C[C@@H](O)[C@]12C. The molecule has 4 saturated carbocycles. The molecule has 0 spiro atoms. The Balaban J connectivity index is 1.61. The Kier molecular flexibility index (Phi) is 5.36. The molecule has 160 valence electrons. The van der Waals surface area contributed by atoms with Crippen LogP contribution < -0.4 is 0 Å². The van der Waals surface area contributed by atoms with Crippen molar-refractivity contribution in [2.45, 2.75) is 97.2 Å². The first-order valence-electron chi connectivity index (χ1n) is 11.8. The molecular weight excluding hydrogens is 352 g/mol. The van der Waals surface area contributed by atoms with E-state index >= 15 is 0 Å². The molecule has 0 amide bonds. The quantitative estimate of drug-likeness (QED) is 0.659. The standard InChI is InChI=1S/C24H40O4/c1-14(7-10-21(27)28)16-8-9-17-22-18(13-20(26)24(16,17)3)23(2)11-5-4-6-15(23)12-19(22)25/h14-20,22,25-26H,4-13H2,1-3H3,(H,27,28)/t14-,15+,16-,17+,18+,19-,20-,22-,23+,24-/m1/s1. The van der Waals surface area contributed by atoms with Gasteiger partial charge in [-0.05, 0) is 91.3 Å². The number of rotatable bonds is 4. The molecule has 0 aromatic rings. The Labute approximate surface area is 170 Å². The van der Waals surface area contributed by atoms with Gasteiger partial charge < -0.3 is 15.3 Å². The van der Waals surface area contributed by atoms with Gasteiger partial charge in [0.2, 0.25) is 0 Å². The topological polar surface area (TPSA) is 77.8 Å². The van der Waals surface area contributed by atoms with Crippen LogP contribution in [-0.2, 0) is 4.79 Å². The highest BCUT2D eigenvalue weighted by atomic mass is 16.4. The minimum absolute atomic E-state index is 0.183. The predicted molar refractivity (Wildman–Crippen MR) is 109 cm³/mol. The van der Waals surface area contributed by atoms with Crippen molar-refractivity contribution in [3.8, 4) is 0 Å². The molecule has 0 aromatic carbocycles. The van der Waals surface area contributed by atoms with Crippen LogP contribution in [0.3, 0.4) is 0 Å². The maximum atomic E-state index is 11.5. The van der Waals surface area contributed by atoms with Crippen LogP contribution in [0.5, 0.6) is 0 Å². The Morgan fingerprint density at radius 1 is 1.07 bits per heavy atom. The molecule has 0 heterocycles. The predicted octanol–water partition coefficient (Wildman–Crippen LogP) is 4.48. The molecule has 4 heteroatoms. The van der Waals surface area contributed by atoms with Crippen LogP contribution in [0.15, 0.2) is 0 Å². The van der Waals surface area contributed by atoms with E-state index in [1.165, 1.54) is 25.7 Å². The molecule has 4 fully saturated rings. The van der Waals surface area contributed by atoms with Gasteiger partial charge >= 0.3 is 5.97 Å². The number of aliphatic hydroxyl groups is 2. The Morgan fingerprint density at radius 2 is 1.82 bits per heavy atom. The molecule has 4 rings (SSSR count). The second kappa shape index (κ2) is 7.27. The van der Waals surface area contributed by atoms with Crippen LogP contribution in [0.1, 0.15) is 85.0 Å². The fraction of sp³-hybridized carbons (Fsp3) is 0.958. The first-order valence-corrected chi connectivity index (χ1v) is 11.8. The Hall–Kier alpha value is -0.610. The van der Waals surface area contributed by atoms with Gasteiger partial charge in [-0.2, -0.15) is 0 Å². The minimum Gasteiger partial charge on any atom is -0.481 e. The van der Waals surface area contributed by atoms with Crippen LogP contribution in [0.25, 0.3) is 0 Å². The number of aliphatic carboxylic acids is 1. The molecule has 0 aliphatic heterocycles. The summed E-state index contributed by atoms with van der Waals surface area (Å²) in [6, 6.07) is 0. The van der Waals surface area contributed by atoms with Gasteiger partial charge in [-0.3, -0.25) is 4.79 Å². The van der Waals surface area contributed by atoms with Crippen molar-refractivity contribution in [1.29, 1.82) is 0 Å². The largest absolute Gasteiger partial charge is 0.481 e. The maximum absolute atomic E-state index is 11.5. The fourth-order valence-corrected chi connectivity index (χ4v) is 8.74. The third-order valence-electron chi connectivity index (χ3n) is 10.3. The lowest BCUT2D eigenvalue weighted by Gasteiger charge is -2.63. The molecule has 4 nitrogen and oxygen atoms in total. The lowest BCUT2D eigenvalue weighted by molar-refractivity contribution is -0.201. The Morgan fingerprint density at radius 3 is 2.54 bits per heavy atom. The molecule has 0 unspecified atom stereocenters. The molecular formula is C24H40O4. The fourth-order valence-electron chi connectivity index (χ4n) is 8.74. The van der Waals surface area contributed by atoms with Gasteiger partial charge in [0, 0.05) is 6.42 Å². The average Bonchev–Trinajstić information content (AvgIpc) is 3.00. The first-order chi connectivity index (χ1) is 13.2. The van der Waals surface area contributed by atoms with Crippen molar-refractivity contribution in [2.75, 3.05) is 0 Å². The van der Waals surface area contributed by atoms with Gasteiger partial charge in [-0.1, -0.05) is 33.6 Å². The molecule has 4 aliphatic rings. The Bertz CT molecular complexity index is 605. The van der Waals surface area contributed by atoms with Crippen molar-refractivity contribution in [3.05, 3.63) is 0 Å². The summed E-state index contributed by atoms with van der Waals surface area (Å²) in [7, 11) is 0. The summed E-state index contributed by atoms with van der Waals surface area (Å²) in [6.07, 6.45) is 9.32. The van der Waals surface area contributed by atoms with Gasteiger partial charge in [-0.25, -0.2) is 0 Å². The molecule has 0 saturated heterocycles. The number of carboxylic acids is 1.